The van der Waals surface area contributed by atoms with Crippen molar-refractivity contribution in [3.05, 3.63) is 77.5 Å². The molecule has 0 spiro atoms. The van der Waals surface area contributed by atoms with Crippen LogP contribution >= 0.6 is 11.9 Å². The van der Waals surface area contributed by atoms with Crippen molar-refractivity contribution in [2.45, 2.75) is 42.3 Å². The fourth-order valence-electron chi connectivity index (χ4n) is 4.80. The summed E-state index contributed by atoms with van der Waals surface area (Å²) < 4.78 is 63.2. The van der Waals surface area contributed by atoms with Crippen molar-refractivity contribution in [2.75, 3.05) is 24.4 Å². The molecule has 2 aromatic carbocycles. The highest BCUT2D eigenvalue weighted by atomic mass is 32.2. The number of nitrogens with one attached hydrogen (secondary N) is 1. The van der Waals surface area contributed by atoms with E-state index in [1.165, 1.54) is 18.5 Å². The number of aromatic nitrogens is 2. The van der Waals surface area contributed by atoms with E-state index in [-0.39, 0.29) is 17.8 Å². The SMILES string of the molecule is Fc1cc2c(cc1SNc1ccncn1)OCC[C@@H]2N1CCC(c2cccc(C(F)(F)F)c2)CC1. The lowest BCUT2D eigenvalue weighted by Crippen LogP contribution is -2.38. The third-order valence-corrected chi connectivity index (χ3v) is 7.42. The molecule has 35 heavy (non-hydrogen) atoms. The second-order valence-electron chi connectivity index (χ2n) is 8.71. The van der Waals surface area contributed by atoms with E-state index in [0.717, 1.165) is 61.5 Å². The first-order chi connectivity index (χ1) is 16.9. The first-order valence-corrected chi connectivity index (χ1v) is 12.3. The van der Waals surface area contributed by atoms with Gasteiger partial charge >= 0.3 is 6.18 Å². The molecule has 3 heterocycles. The molecule has 3 aromatic rings. The summed E-state index contributed by atoms with van der Waals surface area (Å²) in [6.07, 6.45) is 0.931. The predicted molar refractivity (Wildman–Crippen MR) is 126 cm³/mol. The normalized spacial score (nSPS) is 19.1. The quantitative estimate of drug-likeness (QED) is 0.318. The van der Waals surface area contributed by atoms with Crippen molar-refractivity contribution in [2.24, 2.45) is 0 Å². The predicted octanol–water partition coefficient (Wildman–Crippen LogP) is 6.46. The van der Waals surface area contributed by atoms with Crippen LogP contribution in [0.25, 0.3) is 0 Å². The smallest absolute Gasteiger partial charge is 0.416 e. The van der Waals surface area contributed by atoms with E-state index in [1.807, 2.05) is 0 Å². The van der Waals surface area contributed by atoms with Gasteiger partial charge in [0.15, 0.2) is 0 Å². The molecule has 2 aliphatic heterocycles. The van der Waals surface area contributed by atoms with Gasteiger partial charge in [-0.25, -0.2) is 14.4 Å². The summed E-state index contributed by atoms with van der Waals surface area (Å²) in [5, 5.41) is 0. The molecule has 184 valence electrons. The number of nitrogens with zero attached hydrogens (tertiary/aromatic N) is 3. The number of ether oxygens (including phenoxy) is 1. The minimum Gasteiger partial charge on any atom is -0.493 e. The van der Waals surface area contributed by atoms with E-state index in [4.69, 9.17) is 4.74 Å². The molecule has 5 nitrogen and oxygen atoms in total. The molecule has 1 N–H and O–H groups in total. The second-order valence-corrected chi connectivity index (χ2v) is 9.55. The standard InChI is InChI=1S/C25H24F4N4OS/c26-20-13-19-21(7-11-34-22(19)14-23(20)35-32-24-4-8-30-15-31-24)33-9-5-16(6-10-33)17-2-1-3-18(12-17)25(27,28)29/h1-4,8,12-16,21H,5-7,9-11H2,(H,30,31,32)/t21-/m0/s1. The molecule has 0 saturated carbocycles. The van der Waals surface area contributed by atoms with Gasteiger partial charge in [-0.15, -0.1) is 0 Å². The summed E-state index contributed by atoms with van der Waals surface area (Å²) in [5.74, 6) is 0.972. The van der Waals surface area contributed by atoms with E-state index in [1.54, 1.807) is 30.5 Å². The van der Waals surface area contributed by atoms with Gasteiger partial charge in [0.25, 0.3) is 0 Å². The summed E-state index contributed by atoms with van der Waals surface area (Å²) in [6, 6.07) is 10.6. The van der Waals surface area contributed by atoms with E-state index in [9.17, 15) is 17.6 Å². The molecule has 10 heteroatoms. The van der Waals surface area contributed by atoms with Crippen LogP contribution in [0.2, 0.25) is 0 Å². The zero-order chi connectivity index (χ0) is 24.4. The topological polar surface area (TPSA) is 50.3 Å². The number of hydrogen-bond donors (Lipinski definition) is 1. The third kappa shape index (κ3) is 5.38. The number of benzene rings is 2. The van der Waals surface area contributed by atoms with E-state index >= 15 is 0 Å². The number of alkyl halides is 3. The van der Waals surface area contributed by atoms with Crippen molar-refractivity contribution >= 4 is 17.8 Å². The molecule has 0 bridgehead atoms. The Morgan fingerprint density at radius 1 is 1.06 bits per heavy atom. The van der Waals surface area contributed by atoms with Gasteiger partial charge in [0.1, 0.15) is 23.7 Å². The van der Waals surface area contributed by atoms with Crippen molar-refractivity contribution in [3.8, 4) is 5.75 Å². The van der Waals surface area contributed by atoms with Gasteiger partial charge in [0.2, 0.25) is 0 Å². The van der Waals surface area contributed by atoms with Gasteiger partial charge in [0.05, 0.1) is 17.1 Å². The first-order valence-electron chi connectivity index (χ1n) is 11.4. The minimum absolute atomic E-state index is 0.0181. The average Bonchev–Trinajstić information content (AvgIpc) is 2.87. The van der Waals surface area contributed by atoms with Crippen LogP contribution in [-0.4, -0.2) is 34.6 Å². The van der Waals surface area contributed by atoms with Crippen molar-refractivity contribution < 1.29 is 22.3 Å². The van der Waals surface area contributed by atoms with E-state index in [2.05, 4.69) is 19.6 Å². The number of piperidine rings is 1. The first kappa shape index (κ1) is 23.9. The number of likely N-dealkylation sites (tertiary alicyclic amines) is 1. The molecule has 1 atom stereocenters. The highest BCUT2D eigenvalue weighted by Gasteiger charge is 2.34. The van der Waals surface area contributed by atoms with E-state index in [0.29, 0.717) is 23.1 Å². The largest absolute Gasteiger partial charge is 0.493 e. The Kier molecular flexibility index (Phi) is 6.84. The minimum atomic E-state index is -4.34. The Bertz CT molecular complexity index is 1170. The van der Waals surface area contributed by atoms with Crippen LogP contribution in [0.15, 0.2) is 59.9 Å². The lowest BCUT2D eigenvalue weighted by atomic mass is 9.87. The lowest BCUT2D eigenvalue weighted by Gasteiger charge is -2.40. The molecule has 0 unspecified atom stereocenters. The van der Waals surface area contributed by atoms with Crippen LogP contribution in [-0.2, 0) is 6.18 Å². The Labute approximate surface area is 205 Å². The van der Waals surface area contributed by atoms with Gasteiger partial charge < -0.3 is 9.46 Å². The number of hydrogen-bond acceptors (Lipinski definition) is 6. The summed E-state index contributed by atoms with van der Waals surface area (Å²) in [4.78, 5) is 10.6. The Hall–Kier alpha value is -2.85. The summed E-state index contributed by atoms with van der Waals surface area (Å²) >= 11 is 1.12. The molecule has 2 aliphatic rings. The van der Waals surface area contributed by atoms with Crippen molar-refractivity contribution in [1.29, 1.82) is 0 Å². The third-order valence-electron chi connectivity index (χ3n) is 6.58. The van der Waals surface area contributed by atoms with Crippen LogP contribution in [0.3, 0.4) is 0 Å². The van der Waals surface area contributed by atoms with Crippen LogP contribution < -0.4 is 9.46 Å². The number of halogens is 4. The Balaban J connectivity index is 1.27. The summed E-state index contributed by atoms with van der Waals surface area (Å²) in [5.41, 5.74) is 0.947. The van der Waals surface area contributed by atoms with Gasteiger partial charge in [0, 0.05) is 24.2 Å². The molecule has 1 fully saturated rings. The zero-order valence-electron chi connectivity index (χ0n) is 18.8. The fourth-order valence-corrected chi connectivity index (χ4v) is 5.46. The second kappa shape index (κ2) is 10.0. The number of anilines is 1. The van der Waals surface area contributed by atoms with Gasteiger partial charge in [-0.2, -0.15) is 13.2 Å². The molecule has 0 aliphatic carbocycles. The molecule has 0 radical (unpaired) electrons. The molecule has 5 rings (SSSR count). The van der Waals surface area contributed by atoms with Crippen LogP contribution in [0.4, 0.5) is 23.4 Å². The van der Waals surface area contributed by atoms with Crippen LogP contribution in [0.5, 0.6) is 5.75 Å². The van der Waals surface area contributed by atoms with Gasteiger partial charge in [-0.05, 0) is 73.6 Å². The maximum absolute atomic E-state index is 15.0. The fraction of sp³-hybridized carbons (Fsp3) is 0.360. The van der Waals surface area contributed by atoms with Crippen molar-refractivity contribution in [3.63, 3.8) is 0 Å². The Morgan fingerprint density at radius 2 is 1.89 bits per heavy atom. The summed E-state index contributed by atoms with van der Waals surface area (Å²) in [6.45, 7) is 2.00. The highest BCUT2D eigenvalue weighted by Crippen LogP contribution is 2.42. The lowest BCUT2D eigenvalue weighted by molar-refractivity contribution is -0.137. The summed E-state index contributed by atoms with van der Waals surface area (Å²) in [7, 11) is 0. The van der Waals surface area contributed by atoms with Crippen LogP contribution in [0, 0.1) is 5.82 Å². The van der Waals surface area contributed by atoms with Gasteiger partial charge in [-0.1, -0.05) is 18.2 Å². The molecule has 1 aromatic heterocycles. The number of rotatable bonds is 5. The van der Waals surface area contributed by atoms with Crippen molar-refractivity contribution in [1.82, 2.24) is 14.9 Å². The van der Waals surface area contributed by atoms with E-state index < -0.39 is 11.7 Å². The number of fused-ring (bicyclic) bond motifs is 1. The monoisotopic (exact) mass is 504 g/mol. The van der Waals surface area contributed by atoms with Crippen LogP contribution in [0.1, 0.15) is 47.9 Å². The zero-order valence-corrected chi connectivity index (χ0v) is 19.6. The Morgan fingerprint density at radius 3 is 2.63 bits per heavy atom. The molecule has 1 saturated heterocycles. The highest BCUT2D eigenvalue weighted by molar-refractivity contribution is 8.00. The molecular formula is C25H24F4N4OS. The maximum atomic E-state index is 15.0. The molecular weight excluding hydrogens is 480 g/mol. The van der Waals surface area contributed by atoms with Gasteiger partial charge in [-0.3, -0.25) is 4.90 Å². The maximum Gasteiger partial charge on any atom is 0.416 e. The molecule has 0 amide bonds. The average molecular weight is 505 g/mol.